The summed E-state index contributed by atoms with van der Waals surface area (Å²) in [7, 11) is 1.47. The molecule has 1 N–H and O–H groups in total. The fourth-order valence-corrected chi connectivity index (χ4v) is 1.71. The van der Waals surface area contributed by atoms with Crippen LogP contribution in [-0.2, 0) is 14.3 Å². The summed E-state index contributed by atoms with van der Waals surface area (Å²) in [5.41, 5.74) is 0. The largest absolute Gasteiger partial charge is 0.372 e. The van der Waals surface area contributed by atoms with E-state index in [4.69, 9.17) is 4.74 Å². The maximum atomic E-state index is 11.9. The van der Waals surface area contributed by atoms with Gasteiger partial charge in [-0.2, -0.15) is 0 Å². The summed E-state index contributed by atoms with van der Waals surface area (Å²) in [5.74, 6) is -0.253. The van der Waals surface area contributed by atoms with Crippen LogP contribution in [0.2, 0.25) is 0 Å². The van der Waals surface area contributed by atoms with Crippen LogP contribution in [0.25, 0.3) is 0 Å². The fraction of sp³-hybridized carbons (Fsp3) is 0.818. The molecule has 0 saturated carbocycles. The first-order valence-electron chi connectivity index (χ1n) is 5.68. The third-order valence-corrected chi connectivity index (χ3v) is 2.87. The van der Waals surface area contributed by atoms with Gasteiger partial charge in [0.15, 0.2) is 0 Å². The molecule has 0 bridgehead atoms. The monoisotopic (exact) mass is 228 g/mol. The minimum atomic E-state index is -0.520. The third-order valence-electron chi connectivity index (χ3n) is 2.87. The normalized spacial score (nSPS) is 19.3. The average molecular weight is 228 g/mol. The number of carbonyl (C=O) groups excluding carboxylic acids is 2. The highest BCUT2D eigenvalue weighted by Crippen LogP contribution is 2.09. The molecule has 2 atom stereocenters. The van der Waals surface area contributed by atoms with E-state index in [0.717, 1.165) is 25.9 Å². The van der Waals surface area contributed by atoms with E-state index in [0.29, 0.717) is 0 Å². The Morgan fingerprint density at radius 1 is 1.25 bits per heavy atom. The van der Waals surface area contributed by atoms with Crippen molar-refractivity contribution >= 4 is 11.8 Å². The van der Waals surface area contributed by atoms with E-state index in [-0.39, 0.29) is 11.8 Å². The predicted molar refractivity (Wildman–Crippen MR) is 59.9 cm³/mol. The lowest BCUT2D eigenvalue weighted by atomic mass is 10.2. The molecule has 0 aromatic carbocycles. The maximum Gasteiger partial charge on any atom is 0.249 e. The smallest absolute Gasteiger partial charge is 0.249 e. The number of nitrogens with one attached hydrogen (secondary N) is 1. The van der Waals surface area contributed by atoms with Crippen molar-refractivity contribution in [1.29, 1.82) is 0 Å². The highest BCUT2D eigenvalue weighted by atomic mass is 16.5. The summed E-state index contributed by atoms with van der Waals surface area (Å²) >= 11 is 0. The molecule has 0 radical (unpaired) electrons. The Morgan fingerprint density at radius 3 is 2.31 bits per heavy atom. The SMILES string of the molecule is COC(C)C(=O)NC(C)C(=O)N1CCCC1. The van der Waals surface area contributed by atoms with Gasteiger partial charge in [-0.25, -0.2) is 0 Å². The Morgan fingerprint density at radius 2 is 1.81 bits per heavy atom. The molecule has 1 saturated heterocycles. The van der Waals surface area contributed by atoms with Crippen molar-refractivity contribution in [2.24, 2.45) is 0 Å². The van der Waals surface area contributed by atoms with Gasteiger partial charge in [-0.3, -0.25) is 9.59 Å². The highest BCUT2D eigenvalue weighted by Gasteiger charge is 2.25. The van der Waals surface area contributed by atoms with Crippen LogP contribution in [0, 0.1) is 0 Å². The van der Waals surface area contributed by atoms with Crippen LogP contribution in [0.3, 0.4) is 0 Å². The number of methoxy groups -OCH3 is 1. The van der Waals surface area contributed by atoms with Gasteiger partial charge in [0.25, 0.3) is 0 Å². The van der Waals surface area contributed by atoms with Crippen molar-refractivity contribution in [3.8, 4) is 0 Å². The number of carbonyl (C=O) groups is 2. The second-order valence-electron chi connectivity index (χ2n) is 4.14. The summed E-state index contributed by atoms with van der Waals surface area (Å²) in [6, 6.07) is -0.469. The van der Waals surface area contributed by atoms with Gasteiger partial charge in [0, 0.05) is 20.2 Å². The van der Waals surface area contributed by atoms with Gasteiger partial charge in [-0.15, -0.1) is 0 Å². The Hall–Kier alpha value is -1.10. The van der Waals surface area contributed by atoms with Crippen LogP contribution in [0.15, 0.2) is 0 Å². The lowest BCUT2D eigenvalue weighted by molar-refractivity contribution is -0.138. The summed E-state index contributed by atoms with van der Waals surface area (Å²) in [6.45, 7) is 4.97. The minimum Gasteiger partial charge on any atom is -0.372 e. The van der Waals surface area contributed by atoms with Crippen LogP contribution in [-0.4, -0.2) is 49.1 Å². The minimum absolute atomic E-state index is 0.00541. The Bertz CT molecular complexity index is 262. The molecular weight excluding hydrogens is 208 g/mol. The van der Waals surface area contributed by atoms with Gasteiger partial charge >= 0.3 is 0 Å². The van der Waals surface area contributed by atoms with Crippen molar-refractivity contribution in [1.82, 2.24) is 10.2 Å². The second kappa shape index (κ2) is 5.84. The number of nitrogens with zero attached hydrogens (tertiary/aromatic N) is 1. The molecule has 0 aromatic heterocycles. The van der Waals surface area contributed by atoms with Crippen LogP contribution in [0.1, 0.15) is 26.7 Å². The van der Waals surface area contributed by atoms with Gasteiger partial charge in [-0.05, 0) is 26.7 Å². The van der Waals surface area contributed by atoms with E-state index < -0.39 is 12.1 Å². The van der Waals surface area contributed by atoms with E-state index in [9.17, 15) is 9.59 Å². The van der Waals surface area contributed by atoms with Gasteiger partial charge in [0.1, 0.15) is 12.1 Å². The third kappa shape index (κ3) is 3.20. The molecule has 1 rings (SSSR count). The zero-order valence-corrected chi connectivity index (χ0v) is 10.2. The molecule has 5 nitrogen and oxygen atoms in total. The molecule has 1 aliphatic heterocycles. The quantitative estimate of drug-likeness (QED) is 0.745. The standard InChI is InChI=1S/C11H20N2O3/c1-8(12-10(14)9(2)16-3)11(15)13-6-4-5-7-13/h8-9H,4-7H2,1-3H3,(H,12,14). The molecule has 1 aliphatic rings. The summed E-state index contributed by atoms with van der Waals surface area (Å²) in [5, 5.41) is 2.65. The van der Waals surface area contributed by atoms with E-state index >= 15 is 0 Å². The molecule has 1 fully saturated rings. The molecule has 1 heterocycles. The molecule has 0 aliphatic carbocycles. The number of amides is 2. The van der Waals surface area contributed by atoms with Crippen molar-refractivity contribution in [2.75, 3.05) is 20.2 Å². The molecule has 92 valence electrons. The van der Waals surface area contributed by atoms with E-state index in [1.807, 2.05) is 0 Å². The molecule has 2 unspecified atom stereocenters. The van der Waals surface area contributed by atoms with Gasteiger partial charge in [0.2, 0.25) is 11.8 Å². The van der Waals surface area contributed by atoms with Crippen LogP contribution in [0.5, 0.6) is 0 Å². The number of hydrogen-bond acceptors (Lipinski definition) is 3. The zero-order valence-electron chi connectivity index (χ0n) is 10.2. The highest BCUT2D eigenvalue weighted by molar-refractivity contribution is 5.89. The maximum absolute atomic E-state index is 11.9. The Labute approximate surface area is 96.1 Å². The first kappa shape index (κ1) is 13.0. The number of rotatable bonds is 4. The number of ether oxygens (including phenoxy) is 1. The molecule has 16 heavy (non-hydrogen) atoms. The topological polar surface area (TPSA) is 58.6 Å². The molecule has 0 aromatic rings. The fourth-order valence-electron chi connectivity index (χ4n) is 1.71. The lowest BCUT2D eigenvalue weighted by Gasteiger charge is -2.22. The lowest BCUT2D eigenvalue weighted by Crippen LogP contribution is -2.48. The van der Waals surface area contributed by atoms with Crippen molar-refractivity contribution < 1.29 is 14.3 Å². The predicted octanol–water partition coefficient (Wildman–Crippen LogP) is 0.148. The molecule has 5 heteroatoms. The first-order valence-corrected chi connectivity index (χ1v) is 5.68. The number of likely N-dealkylation sites (tertiary alicyclic amines) is 1. The van der Waals surface area contributed by atoms with Crippen LogP contribution in [0.4, 0.5) is 0 Å². The van der Waals surface area contributed by atoms with Crippen molar-refractivity contribution in [3.63, 3.8) is 0 Å². The molecule has 0 spiro atoms. The summed E-state index contributed by atoms with van der Waals surface area (Å²) < 4.78 is 4.88. The van der Waals surface area contributed by atoms with Gasteiger partial charge < -0.3 is 15.0 Å². The second-order valence-corrected chi connectivity index (χ2v) is 4.14. The average Bonchev–Trinajstić information content (AvgIpc) is 2.79. The van der Waals surface area contributed by atoms with E-state index in [1.165, 1.54) is 7.11 Å². The number of hydrogen-bond donors (Lipinski definition) is 1. The van der Waals surface area contributed by atoms with Crippen molar-refractivity contribution in [3.05, 3.63) is 0 Å². The van der Waals surface area contributed by atoms with Crippen LogP contribution >= 0.6 is 0 Å². The van der Waals surface area contributed by atoms with E-state index in [1.54, 1.807) is 18.7 Å². The van der Waals surface area contributed by atoms with Crippen molar-refractivity contribution in [2.45, 2.75) is 38.8 Å². The van der Waals surface area contributed by atoms with E-state index in [2.05, 4.69) is 5.32 Å². The Kier molecular flexibility index (Phi) is 4.73. The zero-order chi connectivity index (χ0) is 12.1. The van der Waals surface area contributed by atoms with Gasteiger partial charge in [0.05, 0.1) is 0 Å². The first-order chi connectivity index (χ1) is 7.56. The summed E-state index contributed by atoms with van der Waals surface area (Å²) in [4.78, 5) is 25.2. The van der Waals surface area contributed by atoms with Gasteiger partial charge in [-0.1, -0.05) is 0 Å². The van der Waals surface area contributed by atoms with Crippen LogP contribution < -0.4 is 5.32 Å². The summed E-state index contributed by atoms with van der Waals surface area (Å²) in [6.07, 6.45) is 1.59. The Balaban J connectivity index is 2.41. The molecule has 2 amide bonds. The molecular formula is C11H20N2O3.